The number of ether oxygens (including phenoxy) is 2. The SMILES string of the molecule is O=C(OCc1ccccc1)C(CC#Cc1ccccc1)(CC#Cc1ccccc1)C(=O)OCc1ccccc1. The van der Waals surface area contributed by atoms with Gasteiger partial charge in [-0.25, -0.2) is 0 Å². The zero-order valence-corrected chi connectivity index (χ0v) is 21.5. The quantitative estimate of drug-likeness (QED) is 0.157. The Bertz CT molecular complexity index is 1360. The number of hydrogen-bond donors (Lipinski definition) is 0. The van der Waals surface area contributed by atoms with Gasteiger partial charge in [-0.15, -0.1) is 0 Å². The monoisotopic (exact) mass is 512 g/mol. The van der Waals surface area contributed by atoms with Crippen molar-refractivity contribution in [2.45, 2.75) is 26.1 Å². The van der Waals surface area contributed by atoms with Gasteiger partial charge in [-0.2, -0.15) is 0 Å². The molecular weight excluding hydrogens is 484 g/mol. The van der Waals surface area contributed by atoms with Crippen LogP contribution >= 0.6 is 0 Å². The Morgan fingerprint density at radius 2 is 0.846 bits per heavy atom. The van der Waals surface area contributed by atoms with E-state index in [0.717, 1.165) is 22.3 Å². The number of esters is 2. The van der Waals surface area contributed by atoms with Gasteiger partial charge in [-0.05, 0) is 35.4 Å². The number of rotatable bonds is 8. The van der Waals surface area contributed by atoms with E-state index in [1.165, 1.54) is 0 Å². The van der Waals surface area contributed by atoms with Crippen molar-refractivity contribution in [1.29, 1.82) is 0 Å². The van der Waals surface area contributed by atoms with Gasteiger partial charge in [0.15, 0.2) is 5.41 Å². The summed E-state index contributed by atoms with van der Waals surface area (Å²) >= 11 is 0. The summed E-state index contributed by atoms with van der Waals surface area (Å²) in [5.74, 6) is 10.7. The molecule has 0 spiro atoms. The van der Waals surface area contributed by atoms with Crippen molar-refractivity contribution in [1.82, 2.24) is 0 Å². The Hall–Kier alpha value is -5.06. The lowest BCUT2D eigenvalue weighted by molar-refractivity contribution is -0.173. The smallest absolute Gasteiger partial charge is 0.325 e. The van der Waals surface area contributed by atoms with Crippen molar-refractivity contribution in [3.05, 3.63) is 144 Å². The van der Waals surface area contributed by atoms with Gasteiger partial charge in [0.2, 0.25) is 0 Å². The number of benzene rings is 4. The number of carbonyl (C=O) groups excluding carboxylic acids is 2. The van der Waals surface area contributed by atoms with Crippen LogP contribution in [0.1, 0.15) is 35.1 Å². The van der Waals surface area contributed by atoms with Crippen LogP contribution in [0.3, 0.4) is 0 Å². The van der Waals surface area contributed by atoms with Crippen molar-refractivity contribution >= 4 is 11.9 Å². The lowest BCUT2D eigenvalue weighted by Gasteiger charge is -2.26. The molecule has 0 atom stereocenters. The summed E-state index contributed by atoms with van der Waals surface area (Å²) in [6.07, 6.45) is -0.209. The van der Waals surface area contributed by atoms with Crippen LogP contribution in [0.25, 0.3) is 0 Å². The minimum atomic E-state index is -1.73. The van der Waals surface area contributed by atoms with E-state index < -0.39 is 17.4 Å². The average Bonchev–Trinajstić information content (AvgIpc) is 3.00. The highest BCUT2D eigenvalue weighted by atomic mass is 16.6. The van der Waals surface area contributed by atoms with Gasteiger partial charge < -0.3 is 9.47 Å². The average molecular weight is 513 g/mol. The molecule has 4 rings (SSSR count). The molecule has 0 aliphatic carbocycles. The van der Waals surface area contributed by atoms with Crippen molar-refractivity contribution in [3.8, 4) is 23.7 Å². The van der Waals surface area contributed by atoms with Gasteiger partial charge in [0.05, 0.1) is 0 Å². The third-order valence-corrected chi connectivity index (χ3v) is 6.00. The summed E-state index contributed by atoms with van der Waals surface area (Å²) in [4.78, 5) is 27.4. The van der Waals surface area contributed by atoms with Gasteiger partial charge in [-0.1, -0.05) is 121 Å². The van der Waals surface area contributed by atoms with E-state index >= 15 is 0 Å². The molecule has 4 aromatic rings. The molecule has 0 unspecified atom stereocenters. The van der Waals surface area contributed by atoms with E-state index in [1.54, 1.807) is 0 Å². The second-order valence-electron chi connectivity index (χ2n) is 8.89. The molecule has 39 heavy (non-hydrogen) atoms. The largest absolute Gasteiger partial charge is 0.460 e. The Labute approximate surface area is 229 Å². The van der Waals surface area contributed by atoms with Crippen LogP contribution in [0.2, 0.25) is 0 Å². The molecule has 0 aliphatic rings. The third-order valence-electron chi connectivity index (χ3n) is 6.00. The molecule has 4 heteroatoms. The first-order valence-electron chi connectivity index (χ1n) is 12.7. The highest BCUT2D eigenvalue weighted by molar-refractivity contribution is 6.00. The van der Waals surface area contributed by atoms with Crippen LogP contribution in [-0.2, 0) is 32.3 Å². The van der Waals surface area contributed by atoms with Crippen molar-refractivity contribution in [2.24, 2.45) is 5.41 Å². The summed E-state index contributed by atoms with van der Waals surface area (Å²) in [5, 5.41) is 0. The van der Waals surface area contributed by atoms with Crippen molar-refractivity contribution in [2.75, 3.05) is 0 Å². The van der Waals surface area contributed by atoms with E-state index in [9.17, 15) is 9.59 Å². The highest BCUT2D eigenvalue weighted by Gasteiger charge is 2.48. The third kappa shape index (κ3) is 7.96. The summed E-state index contributed by atoms with van der Waals surface area (Å²) in [7, 11) is 0. The summed E-state index contributed by atoms with van der Waals surface area (Å²) in [6, 6.07) is 37.4. The molecule has 0 aliphatic heterocycles. The normalized spacial score (nSPS) is 10.3. The summed E-state index contributed by atoms with van der Waals surface area (Å²) in [5.41, 5.74) is 1.44. The van der Waals surface area contributed by atoms with Crippen LogP contribution < -0.4 is 0 Å². The first-order valence-corrected chi connectivity index (χ1v) is 12.7. The molecule has 0 aromatic heterocycles. The molecule has 192 valence electrons. The van der Waals surface area contributed by atoms with E-state index in [2.05, 4.69) is 23.7 Å². The zero-order valence-electron chi connectivity index (χ0n) is 21.5. The highest BCUT2D eigenvalue weighted by Crippen LogP contribution is 2.31. The molecule has 4 aromatic carbocycles. The molecule has 0 amide bonds. The Kier molecular flexibility index (Phi) is 9.71. The first-order chi connectivity index (χ1) is 19.2. The van der Waals surface area contributed by atoms with E-state index in [1.807, 2.05) is 121 Å². The maximum atomic E-state index is 13.7. The van der Waals surface area contributed by atoms with Crippen LogP contribution in [0.4, 0.5) is 0 Å². The molecule has 0 saturated carbocycles. The van der Waals surface area contributed by atoms with Crippen LogP contribution in [-0.4, -0.2) is 11.9 Å². The molecule has 0 bridgehead atoms. The fraction of sp³-hybridized carbons (Fsp3) is 0.143. The topological polar surface area (TPSA) is 52.6 Å². The predicted octanol–water partition coefficient (Wildman–Crippen LogP) is 6.34. The first kappa shape index (κ1) is 27.0. The summed E-state index contributed by atoms with van der Waals surface area (Å²) < 4.78 is 11.4. The second-order valence-corrected chi connectivity index (χ2v) is 8.89. The maximum absolute atomic E-state index is 13.7. The zero-order chi connectivity index (χ0) is 27.2. The van der Waals surface area contributed by atoms with Crippen molar-refractivity contribution < 1.29 is 19.1 Å². The maximum Gasteiger partial charge on any atom is 0.325 e. The molecule has 0 heterocycles. The van der Waals surface area contributed by atoms with Crippen LogP contribution in [0.15, 0.2) is 121 Å². The van der Waals surface area contributed by atoms with Crippen LogP contribution in [0, 0.1) is 29.1 Å². The van der Waals surface area contributed by atoms with Gasteiger partial charge in [0, 0.05) is 24.0 Å². The Balaban J connectivity index is 1.66. The minimum Gasteiger partial charge on any atom is -0.460 e. The van der Waals surface area contributed by atoms with Gasteiger partial charge in [0.1, 0.15) is 13.2 Å². The number of carbonyl (C=O) groups is 2. The van der Waals surface area contributed by atoms with Gasteiger partial charge >= 0.3 is 11.9 Å². The van der Waals surface area contributed by atoms with Crippen LogP contribution in [0.5, 0.6) is 0 Å². The lowest BCUT2D eigenvalue weighted by atomic mass is 9.81. The molecule has 0 saturated heterocycles. The molecule has 0 radical (unpaired) electrons. The lowest BCUT2D eigenvalue weighted by Crippen LogP contribution is -2.41. The van der Waals surface area contributed by atoms with Crippen molar-refractivity contribution in [3.63, 3.8) is 0 Å². The van der Waals surface area contributed by atoms with E-state index in [-0.39, 0.29) is 26.1 Å². The van der Waals surface area contributed by atoms with E-state index in [4.69, 9.17) is 9.47 Å². The molecule has 0 fully saturated rings. The molecule has 0 N–H and O–H groups in total. The predicted molar refractivity (Wildman–Crippen MR) is 151 cm³/mol. The van der Waals surface area contributed by atoms with Gasteiger partial charge in [0.25, 0.3) is 0 Å². The van der Waals surface area contributed by atoms with Gasteiger partial charge in [-0.3, -0.25) is 9.59 Å². The molecular formula is C35H28O4. The fourth-order valence-electron chi connectivity index (χ4n) is 3.79. The van der Waals surface area contributed by atoms with E-state index in [0.29, 0.717) is 0 Å². The standard InChI is InChI=1S/C35H28O4/c36-33(38-27-31-19-9-3-10-20-31)35(25-13-23-29-15-5-1-6-16-29,26-14-24-30-17-7-2-8-18-30)34(37)39-28-32-21-11-4-12-22-32/h1-12,15-22H,25-28H2. The second kappa shape index (κ2) is 14.0. The number of hydrogen-bond acceptors (Lipinski definition) is 4. The fourth-order valence-corrected chi connectivity index (χ4v) is 3.79. The summed E-state index contributed by atoms with van der Waals surface area (Å²) in [6.45, 7) is 0.0389. The Morgan fingerprint density at radius 1 is 0.513 bits per heavy atom. The Morgan fingerprint density at radius 3 is 1.21 bits per heavy atom. The minimum absolute atomic E-state index is 0.0195. The molecule has 4 nitrogen and oxygen atoms in total.